The summed E-state index contributed by atoms with van der Waals surface area (Å²) in [5.74, 6) is -0.467. The van der Waals surface area contributed by atoms with Gasteiger partial charge in [0.1, 0.15) is 11.6 Å². The maximum Gasteiger partial charge on any atom is 0.339 e. The van der Waals surface area contributed by atoms with E-state index in [4.69, 9.17) is 9.72 Å². The van der Waals surface area contributed by atoms with Crippen molar-refractivity contribution in [2.75, 3.05) is 5.32 Å². The van der Waals surface area contributed by atoms with Gasteiger partial charge in [0.05, 0.1) is 23.2 Å². The molecule has 7 heteroatoms. The summed E-state index contributed by atoms with van der Waals surface area (Å²) in [6, 6.07) is 15.4. The molecule has 2 heterocycles. The van der Waals surface area contributed by atoms with Gasteiger partial charge in [0, 0.05) is 22.1 Å². The monoisotopic (exact) mass is 471 g/mol. The molecule has 0 spiro atoms. The topological polar surface area (TPSA) is 81.2 Å². The predicted molar refractivity (Wildman–Crippen MR) is 133 cm³/mol. The van der Waals surface area contributed by atoms with Crippen LogP contribution >= 0.6 is 11.3 Å². The number of thiazole rings is 1. The first-order chi connectivity index (χ1) is 16.6. The number of benzene rings is 2. The van der Waals surface area contributed by atoms with E-state index in [-0.39, 0.29) is 24.9 Å². The van der Waals surface area contributed by atoms with E-state index in [1.54, 1.807) is 0 Å². The van der Waals surface area contributed by atoms with Gasteiger partial charge in [-0.1, -0.05) is 36.4 Å². The minimum atomic E-state index is -0.344. The highest BCUT2D eigenvalue weighted by molar-refractivity contribution is 7.09. The summed E-state index contributed by atoms with van der Waals surface area (Å²) in [7, 11) is 0. The third kappa shape index (κ3) is 4.70. The number of anilines is 1. The van der Waals surface area contributed by atoms with Gasteiger partial charge in [-0.25, -0.2) is 9.78 Å². The number of hydrogen-bond acceptors (Lipinski definition) is 6. The van der Waals surface area contributed by atoms with E-state index in [9.17, 15) is 9.59 Å². The Balaban J connectivity index is 1.27. The van der Waals surface area contributed by atoms with Gasteiger partial charge in [-0.2, -0.15) is 0 Å². The Morgan fingerprint density at radius 3 is 2.71 bits per heavy atom. The lowest BCUT2D eigenvalue weighted by atomic mass is 9.90. The number of nitrogens with one attached hydrogen (secondary N) is 1. The Morgan fingerprint density at radius 2 is 1.82 bits per heavy atom. The summed E-state index contributed by atoms with van der Waals surface area (Å²) < 4.78 is 5.69. The number of fused-ring (bicyclic) bond motifs is 2. The molecule has 0 unspecified atom stereocenters. The molecule has 5 rings (SSSR count). The van der Waals surface area contributed by atoms with Crippen LogP contribution < -0.4 is 5.32 Å². The highest BCUT2D eigenvalue weighted by Gasteiger charge is 2.23. The van der Waals surface area contributed by atoms with Crippen LogP contribution in [0.25, 0.3) is 10.9 Å². The van der Waals surface area contributed by atoms with Gasteiger partial charge in [-0.05, 0) is 55.9 Å². The molecular weight excluding hydrogens is 446 g/mol. The predicted octanol–water partition coefficient (Wildman–Crippen LogP) is 5.42. The molecule has 1 aliphatic rings. The molecule has 0 atom stereocenters. The van der Waals surface area contributed by atoms with Gasteiger partial charge < -0.3 is 10.1 Å². The van der Waals surface area contributed by atoms with Crippen molar-refractivity contribution in [2.45, 2.75) is 45.6 Å². The van der Waals surface area contributed by atoms with E-state index < -0.39 is 0 Å². The molecule has 0 radical (unpaired) electrons. The van der Waals surface area contributed by atoms with Gasteiger partial charge in [0.15, 0.2) is 0 Å². The SMILES string of the molecule is Cc1ccccc1NC(=O)Cc1nc(COC(=O)c2c3c(nc4ccccc24)CCCC3)cs1. The minimum Gasteiger partial charge on any atom is -0.456 e. The number of rotatable bonds is 6. The zero-order valence-electron chi connectivity index (χ0n) is 19.0. The second kappa shape index (κ2) is 9.73. The zero-order chi connectivity index (χ0) is 23.5. The minimum absolute atomic E-state index is 0.0696. The molecule has 2 aromatic carbocycles. The Bertz CT molecular complexity index is 1380. The van der Waals surface area contributed by atoms with E-state index in [1.165, 1.54) is 11.3 Å². The molecular formula is C27H25N3O3S. The van der Waals surface area contributed by atoms with Crippen molar-refractivity contribution < 1.29 is 14.3 Å². The number of nitrogens with zero attached hydrogens (tertiary/aromatic N) is 2. The van der Waals surface area contributed by atoms with E-state index in [1.807, 2.05) is 60.8 Å². The molecule has 4 aromatic rings. The fourth-order valence-electron chi connectivity index (χ4n) is 4.36. The molecule has 0 saturated carbocycles. The number of amides is 1. The third-order valence-electron chi connectivity index (χ3n) is 6.05. The van der Waals surface area contributed by atoms with Crippen molar-refractivity contribution in [1.82, 2.24) is 9.97 Å². The van der Waals surface area contributed by atoms with Crippen LogP contribution in [0.3, 0.4) is 0 Å². The number of aryl methyl sites for hydroxylation is 2. The Morgan fingerprint density at radius 1 is 1.03 bits per heavy atom. The highest BCUT2D eigenvalue weighted by atomic mass is 32.1. The number of para-hydroxylation sites is 2. The van der Waals surface area contributed by atoms with Gasteiger partial charge >= 0.3 is 5.97 Å². The first-order valence-electron chi connectivity index (χ1n) is 11.4. The van der Waals surface area contributed by atoms with E-state index in [0.29, 0.717) is 16.3 Å². The van der Waals surface area contributed by atoms with Crippen LogP contribution in [0, 0.1) is 6.92 Å². The smallest absolute Gasteiger partial charge is 0.339 e. The van der Waals surface area contributed by atoms with Crippen LogP contribution in [0.5, 0.6) is 0 Å². The summed E-state index contributed by atoms with van der Waals surface area (Å²) >= 11 is 1.39. The molecule has 1 aliphatic carbocycles. The lowest BCUT2D eigenvalue weighted by molar-refractivity contribution is -0.115. The van der Waals surface area contributed by atoms with E-state index >= 15 is 0 Å². The molecule has 34 heavy (non-hydrogen) atoms. The normalized spacial score (nSPS) is 12.9. The van der Waals surface area contributed by atoms with Gasteiger partial charge in [0.2, 0.25) is 5.91 Å². The first kappa shape index (κ1) is 22.2. The number of pyridine rings is 1. The molecule has 6 nitrogen and oxygen atoms in total. The molecule has 172 valence electrons. The second-order valence-corrected chi connectivity index (χ2v) is 9.43. The lowest BCUT2D eigenvalue weighted by Gasteiger charge is -2.19. The quantitative estimate of drug-likeness (QED) is 0.380. The molecule has 0 saturated heterocycles. The van der Waals surface area contributed by atoms with Crippen molar-refractivity contribution in [3.8, 4) is 0 Å². The number of esters is 1. The first-order valence-corrected chi connectivity index (χ1v) is 12.3. The van der Waals surface area contributed by atoms with Crippen LogP contribution in [0.2, 0.25) is 0 Å². The van der Waals surface area contributed by atoms with Gasteiger partial charge in [-0.15, -0.1) is 11.3 Å². The van der Waals surface area contributed by atoms with Gasteiger partial charge in [0.25, 0.3) is 0 Å². The summed E-state index contributed by atoms with van der Waals surface area (Å²) in [6.45, 7) is 2.02. The van der Waals surface area contributed by atoms with Crippen molar-refractivity contribution in [2.24, 2.45) is 0 Å². The van der Waals surface area contributed by atoms with E-state index in [0.717, 1.165) is 59.1 Å². The molecule has 0 aliphatic heterocycles. The van der Waals surface area contributed by atoms with Crippen LogP contribution in [0.4, 0.5) is 5.69 Å². The second-order valence-electron chi connectivity index (χ2n) is 8.48. The molecule has 0 fully saturated rings. The van der Waals surface area contributed by atoms with Crippen LogP contribution in [0.15, 0.2) is 53.9 Å². The molecule has 1 amide bonds. The van der Waals surface area contributed by atoms with Crippen molar-refractivity contribution in [3.05, 3.63) is 87.0 Å². The van der Waals surface area contributed by atoms with Crippen LogP contribution in [-0.2, 0) is 35.4 Å². The third-order valence-corrected chi connectivity index (χ3v) is 6.95. The Labute approximate surface area is 202 Å². The summed E-state index contributed by atoms with van der Waals surface area (Å²) in [5.41, 5.74) is 5.93. The Hall–Kier alpha value is -3.58. The fraction of sp³-hybridized carbons (Fsp3) is 0.259. The lowest BCUT2D eigenvalue weighted by Crippen LogP contribution is -2.16. The average Bonchev–Trinajstić information content (AvgIpc) is 3.29. The summed E-state index contributed by atoms with van der Waals surface area (Å²) in [6.07, 6.45) is 4.05. The molecule has 1 N–H and O–H groups in total. The number of carbonyl (C=O) groups is 2. The largest absolute Gasteiger partial charge is 0.456 e. The standard InChI is InChI=1S/C27H25N3O3S/c1-17-8-2-5-11-21(17)30-24(31)14-25-28-18(16-34-25)15-33-27(32)26-19-9-3-6-12-22(19)29-23-13-7-4-10-20(23)26/h2-3,5-6,8-9,11-12,16H,4,7,10,13-15H2,1H3,(H,30,31). The number of carbonyl (C=O) groups excluding carboxylic acids is 2. The molecule has 2 aromatic heterocycles. The number of hydrogen-bond donors (Lipinski definition) is 1. The van der Waals surface area contributed by atoms with Crippen LogP contribution in [0.1, 0.15) is 50.7 Å². The van der Waals surface area contributed by atoms with Crippen molar-refractivity contribution in [3.63, 3.8) is 0 Å². The fourth-order valence-corrected chi connectivity index (χ4v) is 5.14. The average molecular weight is 472 g/mol. The maximum absolute atomic E-state index is 13.2. The van der Waals surface area contributed by atoms with Gasteiger partial charge in [-0.3, -0.25) is 9.78 Å². The molecule has 0 bridgehead atoms. The highest BCUT2D eigenvalue weighted by Crippen LogP contribution is 2.30. The maximum atomic E-state index is 13.2. The van der Waals surface area contributed by atoms with E-state index in [2.05, 4.69) is 10.3 Å². The van der Waals surface area contributed by atoms with Crippen molar-refractivity contribution in [1.29, 1.82) is 0 Å². The Kier molecular flexibility index (Phi) is 6.36. The number of aromatic nitrogens is 2. The number of ether oxygens (including phenoxy) is 1. The summed E-state index contributed by atoms with van der Waals surface area (Å²) in [5, 5.41) is 6.28. The van der Waals surface area contributed by atoms with Crippen molar-refractivity contribution >= 4 is 39.8 Å². The van der Waals surface area contributed by atoms with Crippen LogP contribution in [-0.4, -0.2) is 21.8 Å². The zero-order valence-corrected chi connectivity index (χ0v) is 19.8. The summed E-state index contributed by atoms with van der Waals surface area (Å²) in [4.78, 5) is 34.9.